The van der Waals surface area contributed by atoms with E-state index in [0.29, 0.717) is 17.5 Å². The number of benzene rings is 22. The Morgan fingerprint density at radius 3 is 0.680 bits per heavy atom. The molecule has 0 fully saturated rings. The van der Waals surface area contributed by atoms with Crippen LogP contribution in [-0.2, 0) is 0 Å². The zero-order chi connectivity index (χ0) is 99.6. The Balaban J connectivity index is 0.000000114. The highest BCUT2D eigenvalue weighted by Crippen LogP contribution is 2.47. The summed E-state index contributed by atoms with van der Waals surface area (Å²) in [4.78, 5) is 37.3. The molecule has 0 aliphatic heterocycles. The summed E-state index contributed by atoms with van der Waals surface area (Å²) in [5.74, 6) is 1.92. The SMILES string of the molecule is c1cc(-c2cc(-c3ccncc3)cc(-c3ccncc3)c2)cc(-c2cccc(-c3cccc4c5ccccc5c5ccccc5c34)c2)c1.c1cc(-c2cccc(-c3ccc4c5ccccc5c5ccccc5c4c3)c2)cc(-c2cc(-c3cccnc3)nc(-c3cccnc3)c2)c1.c1ccc(-c2cc(-c3cccc(-c4ccc5c6ccccc6c6ccccc6c5c4)c3)cc(-c3nc(-c4ccccc4)nc(-c4ccccc4)n3)c2)cc1. The van der Waals surface area contributed by atoms with Gasteiger partial charge in [0.15, 0.2) is 17.5 Å². The fourth-order valence-corrected chi connectivity index (χ4v) is 21.6. The lowest BCUT2D eigenvalue weighted by atomic mass is 9.88. The zero-order valence-electron chi connectivity index (χ0n) is 81.7. The van der Waals surface area contributed by atoms with Gasteiger partial charge in [0.2, 0.25) is 0 Å². The number of nitrogens with zero attached hydrogens (tertiary/aromatic N) is 8. The number of hydrogen-bond acceptors (Lipinski definition) is 8. The van der Waals surface area contributed by atoms with Crippen molar-refractivity contribution in [3.05, 3.63) is 559 Å². The molecule has 0 unspecified atom stereocenters. The van der Waals surface area contributed by atoms with E-state index in [9.17, 15) is 0 Å². The third-order valence-electron chi connectivity index (χ3n) is 28.9. The minimum atomic E-state index is 0.631. The molecule has 8 nitrogen and oxygen atoms in total. The van der Waals surface area contributed by atoms with E-state index in [2.05, 4.69) is 445 Å². The van der Waals surface area contributed by atoms with Crippen molar-refractivity contribution in [3.63, 3.8) is 0 Å². The lowest BCUT2D eigenvalue weighted by Gasteiger charge is -2.15. The monoisotopic (exact) mass is 1910 g/mol. The molecule has 22 aromatic carbocycles. The smallest absolute Gasteiger partial charge is 0.164 e. The first-order valence-electron chi connectivity index (χ1n) is 50.7. The highest BCUT2D eigenvalue weighted by Gasteiger charge is 2.22. The first-order valence-corrected chi connectivity index (χ1v) is 50.7. The molecule has 0 radical (unpaired) electrons. The van der Waals surface area contributed by atoms with Crippen LogP contribution in [-0.4, -0.2) is 39.9 Å². The molecule has 700 valence electrons. The predicted octanol–water partition coefficient (Wildman–Crippen LogP) is 37.3. The van der Waals surface area contributed by atoms with E-state index in [1.807, 2.05) is 122 Å². The highest BCUT2D eigenvalue weighted by molar-refractivity contribution is 6.30. The molecule has 0 saturated heterocycles. The molecule has 6 aromatic heterocycles. The van der Waals surface area contributed by atoms with Gasteiger partial charge in [-0.05, 0) is 359 Å². The van der Waals surface area contributed by atoms with Gasteiger partial charge in [-0.25, -0.2) is 19.9 Å². The largest absolute Gasteiger partial charge is 0.265 e. The molecule has 0 spiro atoms. The molecular weight excluding hydrogens is 1820 g/mol. The number of aromatic nitrogens is 8. The van der Waals surface area contributed by atoms with Crippen LogP contribution < -0.4 is 0 Å². The summed E-state index contributed by atoms with van der Waals surface area (Å²) in [6.07, 6.45) is 14.7. The van der Waals surface area contributed by atoms with E-state index in [1.165, 1.54) is 153 Å². The summed E-state index contributed by atoms with van der Waals surface area (Å²) < 4.78 is 0. The normalized spacial score (nSPS) is 11.3. The second-order valence-electron chi connectivity index (χ2n) is 38.0. The van der Waals surface area contributed by atoms with E-state index < -0.39 is 0 Å². The Kier molecular flexibility index (Phi) is 23.9. The molecule has 0 N–H and O–H groups in total. The topological polar surface area (TPSA) is 103 Å². The third-order valence-corrected chi connectivity index (χ3v) is 28.9. The third kappa shape index (κ3) is 17.8. The van der Waals surface area contributed by atoms with Crippen molar-refractivity contribution in [2.75, 3.05) is 0 Å². The summed E-state index contributed by atoms with van der Waals surface area (Å²) in [7, 11) is 0. The van der Waals surface area contributed by atoms with Crippen LogP contribution in [0.4, 0.5) is 0 Å². The molecule has 150 heavy (non-hydrogen) atoms. The van der Waals surface area contributed by atoms with Crippen molar-refractivity contribution in [2.45, 2.75) is 0 Å². The molecule has 28 rings (SSSR count). The van der Waals surface area contributed by atoms with Crippen molar-refractivity contribution >= 4 is 97.0 Å². The summed E-state index contributed by atoms with van der Waals surface area (Å²) >= 11 is 0. The second-order valence-corrected chi connectivity index (χ2v) is 38.0. The van der Waals surface area contributed by atoms with Crippen LogP contribution in [0.5, 0.6) is 0 Å². The van der Waals surface area contributed by atoms with Crippen LogP contribution >= 0.6 is 0 Å². The van der Waals surface area contributed by atoms with Gasteiger partial charge in [-0.2, -0.15) is 0 Å². The highest BCUT2D eigenvalue weighted by atomic mass is 15.0. The summed E-state index contributed by atoms with van der Waals surface area (Å²) in [5, 5.41) is 23.1. The van der Waals surface area contributed by atoms with Crippen molar-refractivity contribution in [3.8, 4) is 179 Å². The maximum atomic E-state index is 5.09. The molecule has 0 saturated carbocycles. The van der Waals surface area contributed by atoms with Crippen LogP contribution in [0.3, 0.4) is 0 Å². The van der Waals surface area contributed by atoms with Gasteiger partial charge >= 0.3 is 0 Å². The first kappa shape index (κ1) is 90.0. The minimum absolute atomic E-state index is 0.631. The molecule has 0 aliphatic carbocycles. The number of pyridine rings is 5. The van der Waals surface area contributed by atoms with E-state index in [-0.39, 0.29) is 0 Å². The van der Waals surface area contributed by atoms with Crippen molar-refractivity contribution in [1.29, 1.82) is 0 Å². The summed E-state index contributed by atoms with van der Waals surface area (Å²) in [6, 6.07) is 182. The number of rotatable bonds is 16. The maximum Gasteiger partial charge on any atom is 0.164 e. The Hall–Kier alpha value is -20.1. The number of fused-ring (bicyclic) bond motifs is 18. The van der Waals surface area contributed by atoms with Crippen molar-refractivity contribution in [1.82, 2.24) is 39.9 Å². The maximum absolute atomic E-state index is 5.09. The predicted molar refractivity (Wildman–Crippen MR) is 626 cm³/mol. The van der Waals surface area contributed by atoms with Crippen LogP contribution in [0.2, 0.25) is 0 Å². The van der Waals surface area contributed by atoms with Gasteiger partial charge in [-0.1, -0.05) is 370 Å². The Morgan fingerprint density at radius 1 is 0.107 bits per heavy atom. The quantitative estimate of drug-likeness (QED) is 0.0882. The Bertz CT molecular complexity index is 9660. The van der Waals surface area contributed by atoms with Gasteiger partial charge in [0.1, 0.15) is 0 Å². The average molecular weight is 1910 g/mol. The van der Waals surface area contributed by atoms with Crippen molar-refractivity contribution < 1.29 is 0 Å². The Labute approximate surface area is 868 Å². The molecule has 0 atom stereocenters. The lowest BCUT2D eigenvalue weighted by molar-refractivity contribution is 1.07. The fraction of sp³-hybridized carbons (Fsp3) is 0. The second kappa shape index (κ2) is 39.9. The van der Waals surface area contributed by atoms with Crippen LogP contribution in [0.15, 0.2) is 559 Å². The van der Waals surface area contributed by atoms with Gasteiger partial charge in [0.05, 0.1) is 11.4 Å². The lowest BCUT2D eigenvalue weighted by Crippen LogP contribution is -2.00. The van der Waals surface area contributed by atoms with Gasteiger partial charge in [0.25, 0.3) is 0 Å². The van der Waals surface area contributed by atoms with Crippen LogP contribution in [0.1, 0.15) is 0 Å². The molecule has 8 heteroatoms. The molecule has 0 amide bonds. The minimum Gasteiger partial charge on any atom is -0.265 e. The van der Waals surface area contributed by atoms with Crippen LogP contribution in [0.25, 0.3) is 276 Å². The van der Waals surface area contributed by atoms with E-state index in [1.54, 1.807) is 12.4 Å². The van der Waals surface area contributed by atoms with Crippen molar-refractivity contribution in [2.24, 2.45) is 0 Å². The molecule has 6 heterocycles. The van der Waals surface area contributed by atoms with E-state index in [4.69, 9.17) is 19.9 Å². The molecule has 0 aliphatic rings. The molecule has 0 bridgehead atoms. The fourth-order valence-electron chi connectivity index (χ4n) is 21.6. The molecular formula is C142H92N8. The molecule has 28 aromatic rings. The summed E-state index contributed by atoms with van der Waals surface area (Å²) in [5.41, 5.74) is 32.0. The van der Waals surface area contributed by atoms with Gasteiger partial charge in [-0.15, -0.1) is 0 Å². The zero-order valence-corrected chi connectivity index (χ0v) is 81.7. The average Bonchev–Trinajstić information content (AvgIpc) is 0.739. The van der Waals surface area contributed by atoms with E-state index >= 15 is 0 Å². The van der Waals surface area contributed by atoms with Gasteiger partial charge < -0.3 is 0 Å². The van der Waals surface area contributed by atoms with Gasteiger partial charge in [0, 0.05) is 77.4 Å². The first-order chi connectivity index (χ1) is 74.3. The summed E-state index contributed by atoms with van der Waals surface area (Å²) in [6.45, 7) is 0. The van der Waals surface area contributed by atoms with Crippen LogP contribution in [0, 0.1) is 0 Å². The number of hydrogen-bond donors (Lipinski definition) is 0. The Morgan fingerprint density at radius 2 is 0.333 bits per heavy atom. The van der Waals surface area contributed by atoms with E-state index in [0.717, 1.165) is 106 Å². The van der Waals surface area contributed by atoms with Gasteiger partial charge in [-0.3, -0.25) is 19.9 Å². The standard InChI is InChI=1S/C51H33N3.C46H30N2.C45H29N3/c1-4-15-34(16-5-1)40-30-41(32-42(31-40)51-53-49(35-17-6-2-7-18-35)52-50(54-51)36-19-8-3-9-20-36)38-22-14-21-37(29-38)39-27-28-47-45-25-11-10-23-43(45)44-24-12-13-26-46(44)48(47)33-39;1-2-13-43-41(12-1)42-14-3-4-15-44(42)46-40(16-7-17-45(43)46)36-11-6-9-34(27-36)33-8-5-10-35(26-33)39-29-37(31-18-22-47-23-19-31)28-38(30-39)32-20-24-48-25-21-32;1-2-17-40-38(15-1)39-16-3-4-18-41(39)43-25-34(19-20-42(40)43)32-11-5-9-30(23-32)31-10-6-12-33(24-31)37-26-44(35-13-7-21-46-28-35)48-45(27-37)36-14-8-22-47-29-36/h1-33H;1-30H;1-29H.